The summed E-state index contributed by atoms with van der Waals surface area (Å²) >= 11 is 0. The van der Waals surface area contributed by atoms with Crippen LogP contribution >= 0.6 is 0 Å². The zero-order chi connectivity index (χ0) is 21.5. The van der Waals surface area contributed by atoms with Crippen LogP contribution in [0, 0.1) is 10.1 Å². The Morgan fingerprint density at radius 2 is 1.86 bits per heavy atom. The molecular formula is C16H29N7O5. The SMILES string of the molecule is CC(=NO)C(C)(C)NC[C@@H](Cn1ccnc1[N+](=O)[O-])ONC(C)(C)C(C)=NO. The maximum absolute atomic E-state index is 11.1. The number of hydrogen-bond donors (Lipinski definition) is 4. The van der Waals surface area contributed by atoms with E-state index >= 15 is 0 Å². The van der Waals surface area contributed by atoms with Crippen LogP contribution in [-0.4, -0.2) is 60.0 Å². The molecule has 1 aromatic rings. The first-order valence-corrected chi connectivity index (χ1v) is 8.66. The number of nitrogens with one attached hydrogen (secondary N) is 2. The first kappa shape index (κ1) is 23.5. The van der Waals surface area contributed by atoms with E-state index < -0.39 is 22.1 Å². The summed E-state index contributed by atoms with van der Waals surface area (Å²) in [6, 6.07) is 0. The molecule has 1 rings (SSSR count). The van der Waals surface area contributed by atoms with Crippen LogP contribution in [-0.2, 0) is 11.4 Å². The molecule has 4 N–H and O–H groups in total. The van der Waals surface area contributed by atoms with Gasteiger partial charge >= 0.3 is 5.95 Å². The highest BCUT2D eigenvalue weighted by Crippen LogP contribution is 2.13. The zero-order valence-corrected chi connectivity index (χ0v) is 17.0. The number of hydroxylamine groups is 1. The number of hydrogen-bond acceptors (Lipinski definition) is 10. The fourth-order valence-electron chi connectivity index (χ4n) is 2.03. The normalized spacial score (nSPS) is 14.9. The Balaban J connectivity index is 2.96. The van der Waals surface area contributed by atoms with Gasteiger partial charge in [-0.3, -0.25) is 4.84 Å². The molecule has 0 bridgehead atoms. The van der Waals surface area contributed by atoms with Gasteiger partial charge in [-0.2, -0.15) is 5.48 Å². The highest BCUT2D eigenvalue weighted by atomic mass is 16.7. The van der Waals surface area contributed by atoms with Crippen LogP contribution < -0.4 is 10.8 Å². The lowest BCUT2D eigenvalue weighted by Crippen LogP contribution is -2.53. The van der Waals surface area contributed by atoms with Crippen molar-refractivity contribution in [2.75, 3.05) is 6.54 Å². The molecule has 158 valence electrons. The van der Waals surface area contributed by atoms with Crippen LogP contribution in [0.4, 0.5) is 5.95 Å². The average molecular weight is 399 g/mol. The van der Waals surface area contributed by atoms with Gasteiger partial charge in [-0.05, 0) is 46.5 Å². The number of rotatable bonds is 11. The molecule has 0 aliphatic carbocycles. The molecule has 0 saturated heterocycles. The summed E-state index contributed by atoms with van der Waals surface area (Å²) in [6.07, 6.45) is 2.27. The minimum Gasteiger partial charge on any atom is -0.411 e. The van der Waals surface area contributed by atoms with Crippen LogP contribution in [0.15, 0.2) is 22.7 Å². The highest BCUT2D eigenvalue weighted by molar-refractivity contribution is 5.90. The summed E-state index contributed by atoms with van der Waals surface area (Å²) in [5.74, 6) is -0.298. The van der Waals surface area contributed by atoms with E-state index in [4.69, 9.17) is 15.3 Å². The predicted octanol–water partition coefficient (Wildman–Crippen LogP) is 1.53. The Hall–Kier alpha value is -2.57. The molecule has 0 aliphatic rings. The van der Waals surface area contributed by atoms with Gasteiger partial charge in [-0.15, -0.1) is 0 Å². The second kappa shape index (κ2) is 9.57. The lowest BCUT2D eigenvalue weighted by molar-refractivity contribution is -0.397. The van der Waals surface area contributed by atoms with E-state index in [1.54, 1.807) is 27.7 Å². The summed E-state index contributed by atoms with van der Waals surface area (Å²) in [4.78, 5) is 20.0. The Morgan fingerprint density at radius 1 is 1.29 bits per heavy atom. The molecule has 28 heavy (non-hydrogen) atoms. The Kier molecular flexibility index (Phi) is 8.02. The van der Waals surface area contributed by atoms with Crippen molar-refractivity contribution in [3.63, 3.8) is 0 Å². The third kappa shape index (κ3) is 6.25. The van der Waals surface area contributed by atoms with Crippen LogP contribution in [0.2, 0.25) is 0 Å². The molecule has 1 aromatic heterocycles. The predicted molar refractivity (Wildman–Crippen MR) is 103 cm³/mol. The van der Waals surface area contributed by atoms with Crippen molar-refractivity contribution in [3.05, 3.63) is 22.5 Å². The van der Waals surface area contributed by atoms with Crippen LogP contribution in [0.3, 0.4) is 0 Å². The standard InChI is InChI=1S/C16H29N7O5/c1-11(19-24)15(3,4)18-9-13(28-21-16(5,6)12(2)20-25)10-22-8-7-17-14(22)23(26)27/h7-8,13,18,21,24-25H,9-10H2,1-6H3/t13-/m0/s1. The Labute approximate surface area is 163 Å². The summed E-state index contributed by atoms with van der Waals surface area (Å²) in [5.41, 5.74) is 2.30. The van der Waals surface area contributed by atoms with E-state index in [2.05, 4.69) is 26.1 Å². The minimum absolute atomic E-state index is 0.132. The fourth-order valence-corrected chi connectivity index (χ4v) is 2.03. The van der Waals surface area contributed by atoms with Crippen molar-refractivity contribution >= 4 is 17.4 Å². The number of imidazole rings is 1. The molecule has 0 amide bonds. The van der Waals surface area contributed by atoms with E-state index in [1.165, 1.54) is 17.0 Å². The van der Waals surface area contributed by atoms with Crippen molar-refractivity contribution < 1.29 is 20.2 Å². The summed E-state index contributed by atoms with van der Waals surface area (Å²) in [6.45, 7) is 10.9. The van der Waals surface area contributed by atoms with Gasteiger partial charge in [0, 0.05) is 6.54 Å². The van der Waals surface area contributed by atoms with Gasteiger partial charge in [0.25, 0.3) is 0 Å². The van der Waals surface area contributed by atoms with E-state index in [0.717, 1.165) is 0 Å². The third-order valence-electron chi connectivity index (χ3n) is 4.62. The smallest absolute Gasteiger partial charge is 0.411 e. The van der Waals surface area contributed by atoms with E-state index in [0.29, 0.717) is 11.4 Å². The van der Waals surface area contributed by atoms with E-state index in [-0.39, 0.29) is 19.0 Å². The molecule has 0 aromatic carbocycles. The van der Waals surface area contributed by atoms with Crippen molar-refractivity contribution in [2.45, 2.75) is 65.3 Å². The molecule has 1 atom stereocenters. The number of nitrogens with zero attached hydrogens (tertiary/aromatic N) is 5. The van der Waals surface area contributed by atoms with E-state index in [1.807, 2.05) is 13.8 Å². The Morgan fingerprint density at radius 3 is 2.39 bits per heavy atom. The van der Waals surface area contributed by atoms with Gasteiger partial charge in [-0.1, -0.05) is 15.3 Å². The van der Waals surface area contributed by atoms with Gasteiger partial charge in [0.2, 0.25) is 0 Å². The maximum atomic E-state index is 11.1. The first-order chi connectivity index (χ1) is 12.9. The second-order valence-electron chi connectivity index (χ2n) is 7.48. The lowest BCUT2D eigenvalue weighted by atomic mass is 9.99. The third-order valence-corrected chi connectivity index (χ3v) is 4.62. The fraction of sp³-hybridized carbons (Fsp3) is 0.688. The minimum atomic E-state index is -0.772. The van der Waals surface area contributed by atoms with Gasteiger partial charge in [-0.25, -0.2) is 4.57 Å². The summed E-state index contributed by atoms with van der Waals surface area (Å²) < 4.78 is 1.37. The topological polar surface area (TPSA) is 159 Å². The first-order valence-electron chi connectivity index (χ1n) is 8.66. The number of oxime groups is 2. The lowest BCUT2D eigenvalue weighted by Gasteiger charge is -2.31. The highest BCUT2D eigenvalue weighted by Gasteiger charge is 2.28. The van der Waals surface area contributed by atoms with Crippen LogP contribution in [0.25, 0.3) is 0 Å². The van der Waals surface area contributed by atoms with Gasteiger partial charge in [0.15, 0.2) is 0 Å². The maximum Gasteiger partial charge on any atom is 0.434 e. The van der Waals surface area contributed by atoms with Crippen molar-refractivity contribution in [1.82, 2.24) is 20.3 Å². The molecule has 0 aliphatic heterocycles. The molecule has 0 unspecified atom stereocenters. The molecule has 0 radical (unpaired) electrons. The quantitative estimate of drug-likeness (QED) is 0.189. The molecular weight excluding hydrogens is 370 g/mol. The second-order valence-corrected chi connectivity index (χ2v) is 7.48. The molecule has 12 heteroatoms. The van der Waals surface area contributed by atoms with Crippen molar-refractivity contribution in [1.29, 1.82) is 0 Å². The molecule has 0 fully saturated rings. The largest absolute Gasteiger partial charge is 0.434 e. The number of nitro groups is 1. The van der Waals surface area contributed by atoms with Gasteiger partial charge in [0.05, 0.1) is 22.5 Å². The molecule has 12 nitrogen and oxygen atoms in total. The summed E-state index contributed by atoms with van der Waals surface area (Å²) in [5, 5.41) is 38.7. The Bertz CT molecular complexity index is 693. The molecule has 1 heterocycles. The van der Waals surface area contributed by atoms with Gasteiger partial charge < -0.3 is 25.8 Å². The molecule has 0 saturated carbocycles. The molecule has 0 spiro atoms. The monoisotopic (exact) mass is 399 g/mol. The van der Waals surface area contributed by atoms with Crippen LogP contribution in [0.1, 0.15) is 41.5 Å². The summed E-state index contributed by atoms with van der Waals surface area (Å²) in [7, 11) is 0. The van der Waals surface area contributed by atoms with Crippen LogP contribution in [0.5, 0.6) is 0 Å². The average Bonchev–Trinajstić information content (AvgIpc) is 3.10. The number of aromatic nitrogens is 2. The van der Waals surface area contributed by atoms with E-state index in [9.17, 15) is 10.1 Å². The van der Waals surface area contributed by atoms with Crippen molar-refractivity contribution in [3.8, 4) is 0 Å². The van der Waals surface area contributed by atoms with Gasteiger partial charge in [0.1, 0.15) is 25.0 Å². The zero-order valence-electron chi connectivity index (χ0n) is 17.0. The van der Waals surface area contributed by atoms with Crippen molar-refractivity contribution in [2.24, 2.45) is 10.3 Å².